The summed E-state index contributed by atoms with van der Waals surface area (Å²) < 4.78 is 2.24. The normalized spacial score (nSPS) is 13.2. The third-order valence-electron chi connectivity index (χ3n) is 3.30. The summed E-state index contributed by atoms with van der Waals surface area (Å²) in [6, 6.07) is 7.11. The van der Waals surface area contributed by atoms with Crippen molar-refractivity contribution in [1.29, 1.82) is 0 Å². The van der Waals surface area contributed by atoms with Gasteiger partial charge >= 0.3 is 0 Å². The largest absolute Gasteiger partial charge is 0.350 e. The zero-order valence-electron chi connectivity index (χ0n) is 10.5. The molecule has 0 amide bonds. The highest BCUT2D eigenvalue weighted by atomic mass is 14.9. The molecular weight excluding hydrogens is 196 g/mol. The van der Waals surface area contributed by atoms with Crippen LogP contribution in [0.15, 0.2) is 24.4 Å². The molecule has 0 spiro atoms. The summed E-state index contributed by atoms with van der Waals surface area (Å²) in [5.41, 5.74) is 4.16. The highest BCUT2D eigenvalue weighted by molar-refractivity contribution is 5.86. The molecule has 1 aromatic heterocycles. The molecule has 0 aliphatic carbocycles. The summed E-state index contributed by atoms with van der Waals surface area (Å²) in [7, 11) is 4.14. The van der Waals surface area contributed by atoms with Crippen molar-refractivity contribution in [3.63, 3.8) is 0 Å². The first kappa shape index (κ1) is 11.2. The average molecular weight is 216 g/mol. The molecule has 0 radical (unpaired) electrons. The quantitative estimate of drug-likeness (QED) is 0.834. The fourth-order valence-electron chi connectivity index (χ4n) is 2.35. The lowest BCUT2D eigenvalue weighted by molar-refractivity contribution is 0.609. The molecule has 1 N–H and O–H groups in total. The Morgan fingerprint density at radius 1 is 1.38 bits per heavy atom. The van der Waals surface area contributed by atoms with E-state index in [4.69, 9.17) is 0 Å². The van der Waals surface area contributed by atoms with Crippen molar-refractivity contribution in [2.45, 2.75) is 26.3 Å². The van der Waals surface area contributed by atoms with Crippen molar-refractivity contribution in [3.05, 3.63) is 35.5 Å². The van der Waals surface area contributed by atoms with Crippen molar-refractivity contribution in [3.8, 4) is 0 Å². The van der Waals surface area contributed by atoms with Crippen molar-refractivity contribution >= 4 is 10.9 Å². The summed E-state index contributed by atoms with van der Waals surface area (Å²) >= 11 is 0. The summed E-state index contributed by atoms with van der Waals surface area (Å²) in [6.07, 6.45) is 3.28. The minimum Gasteiger partial charge on any atom is -0.350 e. The Bertz CT molecular complexity index is 497. The SMILES string of the molecule is CNC(C)Cc1cccc2c(C)cn(C)c12. The number of fused-ring (bicyclic) bond motifs is 1. The molecule has 1 atom stereocenters. The molecule has 0 aliphatic heterocycles. The molecular formula is C14H20N2. The van der Waals surface area contributed by atoms with E-state index in [2.05, 4.69) is 55.2 Å². The van der Waals surface area contributed by atoms with E-state index >= 15 is 0 Å². The van der Waals surface area contributed by atoms with E-state index in [0.29, 0.717) is 6.04 Å². The van der Waals surface area contributed by atoms with E-state index in [-0.39, 0.29) is 0 Å². The maximum Gasteiger partial charge on any atom is 0.0513 e. The molecule has 1 aromatic carbocycles. The van der Waals surface area contributed by atoms with Gasteiger partial charge in [0, 0.05) is 24.7 Å². The van der Waals surface area contributed by atoms with E-state index in [0.717, 1.165) is 6.42 Å². The third-order valence-corrected chi connectivity index (χ3v) is 3.30. The molecule has 0 aliphatic rings. The van der Waals surface area contributed by atoms with E-state index in [9.17, 15) is 0 Å². The van der Waals surface area contributed by atoms with Crippen molar-refractivity contribution in [2.75, 3.05) is 7.05 Å². The Kier molecular flexibility index (Phi) is 3.01. The van der Waals surface area contributed by atoms with Gasteiger partial charge in [-0.25, -0.2) is 0 Å². The number of likely N-dealkylation sites (N-methyl/N-ethyl adjacent to an activating group) is 1. The molecule has 2 heteroatoms. The van der Waals surface area contributed by atoms with Crippen LogP contribution in [0.4, 0.5) is 0 Å². The molecule has 2 aromatic rings. The number of para-hydroxylation sites is 1. The predicted molar refractivity (Wildman–Crippen MR) is 69.9 cm³/mol. The number of rotatable bonds is 3. The maximum absolute atomic E-state index is 3.30. The lowest BCUT2D eigenvalue weighted by Crippen LogP contribution is -2.23. The highest BCUT2D eigenvalue weighted by Gasteiger charge is 2.09. The molecule has 2 nitrogen and oxygen atoms in total. The smallest absolute Gasteiger partial charge is 0.0513 e. The van der Waals surface area contributed by atoms with Crippen molar-refractivity contribution in [1.82, 2.24) is 9.88 Å². The number of hydrogen-bond acceptors (Lipinski definition) is 1. The highest BCUT2D eigenvalue weighted by Crippen LogP contribution is 2.24. The molecule has 0 saturated heterocycles. The lowest BCUT2D eigenvalue weighted by Gasteiger charge is -2.12. The van der Waals surface area contributed by atoms with Crippen LogP contribution in [0.3, 0.4) is 0 Å². The molecule has 1 unspecified atom stereocenters. The fraction of sp³-hybridized carbons (Fsp3) is 0.429. The van der Waals surface area contributed by atoms with Crippen LogP contribution in [0, 0.1) is 6.92 Å². The Labute approximate surface area is 97.3 Å². The number of aryl methyl sites for hydroxylation is 2. The van der Waals surface area contributed by atoms with Gasteiger partial charge in [-0.3, -0.25) is 0 Å². The Hall–Kier alpha value is -1.28. The minimum absolute atomic E-state index is 0.515. The molecule has 16 heavy (non-hydrogen) atoms. The first-order valence-corrected chi connectivity index (χ1v) is 5.84. The zero-order valence-corrected chi connectivity index (χ0v) is 10.5. The second-order valence-electron chi connectivity index (χ2n) is 4.63. The average Bonchev–Trinajstić information content (AvgIpc) is 2.56. The summed E-state index contributed by atoms with van der Waals surface area (Å²) in [5.74, 6) is 0. The second-order valence-corrected chi connectivity index (χ2v) is 4.63. The first-order valence-electron chi connectivity index (χ1n) is 5.84. The van der Waals surface area contributed by atoms with E-state index in [1.165, 1.54) is 22.0 Å². The Morgan fingerprint density at radius 3 is 2.81 bits per heavy atom. The van der Waals surface area contributed by atoms with E-state index in [1.54, 1.807) is 0 Å². The van der Waals surface area contributed by atoms with Gasteiger partial charge in [0.2, 0.25) is 0 Å². The van der Waals surface area contributed by atoms with Gasteiger partial charge in [-0.05, 0) is 38.4 Å². The van der Waals surface area contributed by atoms with Gasteiger partial charge in [-0.15, -0.1) is 0 Å². The fourth-order valence-corrected chi connectivity index (χ4v) is 2.35. The van der Waals surface area contributed by atoms with Gasteiger partial charge in [0.25, 0.3) is 0 Å². The zero-order chi connectivity index (χ0) is 11.7. The molecule has 0 bridgehead atoms. The van der Waals surface area contributed by atoms with Crippen LogP contribution < -0.4 is 5.32 Å². The summed E-state index contributed by atoms with van der Waals surface area (Å²) in [4.78, 5) is 0. The van der Waals surface area contributed by atoms with Crippen molar-refractivity contribution in [2.24, 2.45) is 7.05 Å². The number of aromatic nitrogens is 1. The summed E-state index contributed by atoms with van der Waals surface area (Å²) in [6.45, 7) is 4.39. The van der Waals surface area contributed by atoms with Gasteiger partial charge in [0.15, 0.2) is 0 Å². The van der Waals surface area contributed by atoms with Crippen LogP contribution in [0.1, 0.15) is 18.1 Å². The number of nitrogens with one attached hydrogen (secondary N) is 1. The predicted octanol–water partition coefficient (Wildman–Crippen LogP) is 2.64. The summed E-state index contributed by atoms with van der Waals surface area (Å²) in [5, 5.41) is 4.67. The maximum atomic E-state index is 3.30. The lowest BCUT2D eigenvalue weighted by atomic mass is 10.0. The van der Waals surface area contributed by atoms with Gasteiger partial charge in [-0.1, -0.05) is 18.2 Å². The van der Waals surface area contributed by atoms with Gasteiger partial charge in [-0.2, -0.15) is 0 Å². The van der Waals surface area contributed by atoms with Crippen LogP contribution in [0.2, 0.25) is 0 Å². The van der Waals surface area contributed by atoms with Crippen LogP contribution >= 0.6 is 0 Å². The monoisotopic (exact) mass is 216 g/mol. The first-order chi connectivity index (χ1) is 7.63. The number of benzene rings is 1. The Morgan fingerprint density at radius 2 is 2.12 bits per heavy atom. The molecule has 0 saturated carbocycles. The number of nitrogens with zero attached hydrogens (tertiary/aromatic N) is 1. The van der Waals surface area contributed by atoms with E-state index in [1.807, 2.05) is 7.05 Å². The molecule has 1 heterocycles. The number of hydrogen-bond donors (Lipinski definition) is 1. The third kappa shape index (κ3) is 1.85. The Balaban J connectivity index is 2.53. The van der Waals surface area contributed by atoms with Gasteiger partial charge in [0.05, 0.1) is 5.52 Å². The van der Waals surface area contributed by atoms with Crippen molar-refractivity contribution < 1.29 is 0 Å². The molecule has 2 rings (SSSR count). The second kappa shape index (κ2) is 4.30. The van der Waals surface area contributed by atoms with E-state index < -0.39 is 0 Å². The van der Waals surface area contributed by atoms with Crippen LogP contribution in [-0.4, -0.2) is 17.7 Å². The standard InChI is InChI=1S/C14H20N2/c1-10-9-16(4)14-12(8-11(2)15-3)6-5-7-13(10)14/h5-7,9,11,15H,8H2,1-4H3. The topological polar surface area (TPSA) is 17.0 Å². The van der Waals surface area contributed by atoms with Crippen LogP contribution in [0.25, 0.3) is 10.9 Å². The molecule has 0 fully saturated rings. The minimum atomic E-state index is 0.515. The van der Waals surface area contributed by atoms with Gasteiger partial charge < -0.3 is 9.88 Å². The van der Waals surface area contributed by atoms with Crippen LogP contribution in [0.5, 0.6) is 0 Å². The molecule has 86 valence electrons. The van der Waals surface area contributed by atoms with Crippen LogP contribution in [-0.2, 0) is 13.5 Å². The van der Waals surface area contributed by atoms with Gasteiger partial charge in [0.1, 0.15) is 0 Å².